The molecule has 3 aliphatic rings. The Balaban J connectivity index is 1.36. The molecule has 3 aliphatic heterocycles. The molecular formula is C29H34F2N8O2. The maximum absolute atomic E-state index is 16.6. The Hall–Kier alpha value is -3.51. The van der Waals surface area contributed by atoms with Crippen LogP contribution < -0.4 is 9.64 Å². The SMILES string of the molecule is Cc1cc2[nH]nnc2c(-c2ncc3c(N4CCC[C@@](C)(O)C4)nc(OC[C@@]45CCCN4C[C@H](F)C5)nc3c2F)c1C. The number of halogens is 2. The van der Waals surface area contributed by atoms with Gasteiger partial charge in [0.15, 0.2) is 5.82 Å². The van der Waals surface area contributed by atoms with Gasteiger partial charge in [-0.2, -0.15) is 9.97 Å². The highest BCUT2D eigenvalue weighted by atomic mass is 19.1. The summed E-state index contributed by atoms with van der Waals surface area (Å²) in [6.07, 6.45) is 4.35. The first kappa shape index (κ1) is 26.4. The molecule has 3 atom stereocenters. The number of nitrogens with zero attached hydrogens (tertiary/aromatic N) is 7. The van der Waals surface area contributed by atoms with Crippen molar-refractivity contribution in [3.05, 3.63) is 29.2 Å². The molecule has 0 unspecified atom stereocenters. The van der Waals surface area contributed by atoms with Crippen molar-refractivity contribution in [2.24, 2.45) is 0 Å². The van der Waals surface area contributed by atoms with Crippen LogP contribution in [0.2, 0.25) is 0 Å². The molecule has 0 amide bonds. The fourth-order valence-corrected chi connectivity index (χ4v) is 7.06. The summed E-state index contributed by atoms with van der Waals surface area (Å²) in [6.45, 7) is 8.10. The van der Waals surface area contributed by atoms with Gasteiger partial charge in [0.2, 0.25) is 0 Å². The summed E-state index contributed by atoms with van der Waals surface area (Å²) < 4.78 is 37.2. The van der Waals surface area contributed by atoms with Crippen LogP contribution in [0.15, 0.2) is 12.3 Å². The average Bonchev–Trinajstić information content (AvgIpc) is 3.62. The van der Waals surface area contributed by atoms with Crippen LogP contribution in [0.25, 0.3) is 33.2 Å². The predicted octanol–water partition coefficient (Wildman–Crippen LogP) is 4.03. The van der Waals surface area contributed by atoms with E-state index >= 15 is 4.39 Å². The van der Waals surface area contributed by atoms with Gasteiger partial charge in [0, 0.05) is 37.8 Å². The van der Waals surface area contributed by atoms with Gasteiger partial charge in [-0.1, -0.05) is 5.21 Å². The minimum absolute atomic E-state index is 0.0323. The Kier molecular flexibility index (Phi) is 6.13. The number of anilines is 1. The first-order valence-corrected chi connectivity index (χ1v) is 14.3. The van der Waals surface area contributed by atoms with Crippen molar-refractivity contribution in [1.82, 2.24) is 35.3 Å². The highest BCUT2D eigenvalue weighted by molar-refractivity contribution is 5.97. The molecule has 6 heterocycles. The van der Waals surface area contributed by atoms with Gasteiger partial charge in [0.25, 0.3) is 0 Å². The zero-order valence-electron chi connectivity index (χ0n) is 23.5. The predicted molar refractivity (Wildman–Crippen MR) is 150 cm³/mol. The number of aromatic nitrogens is 6. The number of piperidine rings is 1. The van der Waals surface area contributed by atoms with E-state index in [2.05, 4.69) is 30.3 Å². The molecule has 41 heavy (non-hydrogen) atoms. The Labute approximate surface area is 236 Å². The third-order valence-electron chi connectivity index (χ3n) is 9.23. The molecule has 0 bridgehead atoms. The van der Waals surface area contributed by atoms with Crippen LogP contribution in [0.1, 0.15) is 50.2 Å². The van der Waals surface area contributed by atoms with E-state index < -0.39 is 23.1 Å². The third-order valence-corrected chi connectivity index (χ3v) is 9.23. The molecule has 10 nitrogen and oxygen atoms in total. The lowest BCUT2D eigenvalue weighted by atomic mass is 9.95. The van der Waals surface area contributed by atoms with Gasteiger partial charge in [-0.25, -0.2) is 8.78 Å². The monoisotopic (exact) mass is 564 g/mol. The molecule has 0 saturated carbocycles. The van der Waals surface area contributed by atoms with Gasteiger partial charge in [0.1, 0.15) is 35.3 Å². The molecule has 0 spiro atoms. The number of fused-ring (bicyclic) bond motifs is 3. The number of ether oxygens (including phenoxy) is 1. The fraction of sp³-hybridized carbons (Fsp3) is 0.552. The lowest BCUT2D eigenvalue weighted by Crippen LogP contribution is -2.46. The average molecular weight is 565 g/mol. The quantitative estimate of drug-likeness (QED) is 0.371. The van der Waals surface area contributed by atoms with E-state index in [-0.39, 0.29) is 23.8 Å². The Morgan fingerprint density at radius 1 is 1.17 bits per heavy atom. The van der Waals surface area contributed by atoms with E-state index in [9.17, 15) is 9.50 Å². The molecule has 1 aromatic carbocycles. The smallest absolute Gasteiger partial charge is 0.319 e. The van der Waals surface area contributed by atoms with E-state index in [0.29, 0.717) is 60.3 Å². The summed E-state index contributed by atoms with van der Waals surface area (Å²) in [6, 6.07) is 1.96. The van der Waals surface area contributed by atoms with Crippen LogP contribution >= 0.6 is 0 Å². The number of nitrogens with one attached hydrogen (secondary N) is 1. The van der Waals surface area contributed by atoms with Crippen molar-refractivity contribution in [3.63, 3.8) is 0 Å². The van der Waals surface area contributed by atoms with E-state index in [1.165, 1.54) is 0 Å². The second-order valence-electron chi connectivity index (χ2n) is 12.3. The minimum atomic E-state index is -0.914. The zero-order valence-corrected chi connectivity index (χ0v) is 23.5. The van der Waals surface area contributed by atoms with Crippen LogP contribution in [0.3, 0.4) is 0 Å². The molecule has 12 heteroatoms. The van der Waals surface area contributed by atoms with Gasteiger partial charge in [0.05, 0.1) is 22.0 Å². The van der Waals surface area contributed by atoms with Crippen molar-refractivity contribution in [2.45, 2.75) is 70.2 Å². The number of hydrogen-bond acceptors (Lipinski definition) is 9. The number of aliphatic hydroxyl groups is 1. The lowest BCUT2D eigenvalue weighted by molar-refractivity contribution is 0.0447. The number of aryl methyl sites for hydroxylation is 1. The third kappa shape index (κ3) is 4.39. The molecule has 3 aromatic heterocycles. The van der Waals surface area contributed by atoms with Crippen LogP contribution in [0, 0.1) is 19.7 Å². The van der Waals surface area contributed by atoms with E-state index in [1.807, 2.05) is 24.8 Å². The molecule has 2 N–H and O–H groups in total. The van der Waals surface area contributed by atoms with Crippen molar-refractivity contribution in [2.75, 3.05) is 37.7 Å². The van der Waals surface area contributed by atoms with Crippen molar-refractivity contribution in [3.8, 4) is 17.3 Å². The topological polar surface area (TPSA) is 116 Å². The molecule has 4 aromatic rings. The summed E-state index contributed by atoms with van der Waals surface area (Å²) in [4.78, 5) is 18.0. The molecule has 0 radical (unpaired) electrons. The number of hydrogen-bond donors (Lipinski definition) is 2. The molecule has 7 rings (SSSR count). The summed E-state index contributed by atoms with van der Waals surface area (Å²) in [5.74, 6) is -0.144. The number of pyridine rings is 1. The summed E-state index contributed by atoms with van der Waals surface area (Å²) >= 11 is 0. The summed E-state index contributed by atoms with van der Waals surface area (Å²) in [5.41, 5.74) is 2.45. The normalized spacial score (nSPS) is 26.8. The molecule has 216 valence electrons. The van der Waals surface area contributed by atoms with Crippen molar-refractivity contribution >= 4 is 27.8 Å². The molecule has 3 saturated heterocycles. The lowest BCUT2D eigenvalue weighted by Gasteiger charge is -2.38. The van der Waals surface area contributed by atoms with Gasteiger partial charge in [-0.3, -0.25) is 15.0 Å². The number of aromatic amines is 1. The second-order valence-corrected chi connectivity index (χ2v) is 12.3. The van der Waals surface area contributed by atoms with Crippen LogP contribution in [-0.2, 0) is 0 Å². The number of H-pyrrole nitrogens is 1. The first-order valence-electron chi connectivity index (χ1n) is 14.3. The van der Waals surface area contributed by atoms with E-state index in [1.54, 1.807) is 13.1 Å². The maximum Gasteiger partial charge on any atom is 0.319 e. The summed E-state index contributed by atoms with van der Waals surface area (Å²) in [5, 5.41) is 22.3. The van der Waals surface area contributed by atoms with Crippen molar-refractivity contribution in [1.29, 1.82) is 0 Å². The number of β-amino-alcohol motifs (C(OH)–C–C–N with tert-alkyl or cyclic N) is 1. The largest absolute Gasteiger partial charge is 0.461 e. The Bertz CT molecular complexity index is 1660. The summed E-state index contributed by atoms with van der Waals surface area (Å²) in [7, 11) is 0. The van der Waals surface area contributed by atoms with Crippen molar-refractivity contribution < 1.29 is 18.6 Å². The van der Waals surface area contributed by atoms with Crippen LogP contribution in [0.5, 0.6) is 6.01 Å². The molecule has 0 aliphatic carbocycles. The number of benzene rings is 1. The van der Waals surface area contributed by atoms with E-state index in [0.717, 1.165) is 36.9 Å². The zero-order chi connectivity index (χ0) is 28.5. The second kappa shape index (κ2) is 9.52. The Morgan fingerprint density at radius 2 is 2.00 bits per heavy atom. The number of rotatable bonds is 5. The number of alkyl halides is 1. The van der Waals surface area contributed by atoms with Gasteiger partial charge >= 0.3 is 6.01 Å². The van der Waals surface area contributed by atoms with Crippen LogP contribution in [0.4, 0.5) is 14.6 Å². The van der Waals surface area contributed by atoms with Gasteiger partial charge < -0.3 is 14.7 Å². The maximum atomic E-state index is 16.6. The Morgan fingerprint density at radius 3 is 2.83 bits per heavy atom. The van der Waals surface area contributed by atoms with Gasteiger partial charge in [-0.15, -0.1) is 5.10 Å². The highest BCUT2D eigenvalue weighted by Gasteiger charge is 2.49. The highest BCUT2D eigenvalue weighted by Crippen LogP contribution is 2.41. The first-order chi connectivity index (χ1) is 19.6. The van der Waals surface area contributed by atoms with E-state index in [4.69, 9.17) is 9.72 Å². The fourth-order valence-electron chi connectivity index (χ4n) is 7.06. The van der Waals surface area contributed by atoms with Gasteiger partial charge in [-0.05, 0) is 70.2 Å². The minimum Gasteiger partial charge on any atom is -0.461 e. The molecule has 3 fully saturated rings. The molecular weight excluding hydrogens is 530 g/mol. The van der Waals surface area contributed by atoms with Crippen LogP contribution in [-0.4, -0.2) is 90.5 Å². The standard InChI is InChI=1S/C29H34F2N8O2/c1-16-10-20-24(36-37-35-20)21(17(16)2)25-22(31)23-19(12-32-25)26(38-8-4-6-28(3,40)14-38)34-27(33-23)41-15-29-7-5-9-39(29)13-18(30)11-29/h10,12,18,40H,4-9,11,13-15H2,1-3H3,(H,35,36,37)/t18-,28-,29+/m1/s1.